The van der Waals surface area contributed by atoms with Crippen molar-refractivity contribution in [3.63, 3.8) is 0 Å². The highest BCUT2D eigenvalue weighted by Gasteiger charge is 2.15. The Kier molecular flexibility index (Phi) is 4.12. The van der Waals surface area contributed by atoms with E-state index in [2.05, 4.69) is 10.4 Å². The molecule has 0 spiro atoms. The molecule has 4 aromatic rings. The van der Waals surface area contributed by atoms with Crippen molar-refractivity contribution >= 4 is 28.1 Å². The lowest BCUT2D eigenvalue weighted by Crippen LogP contribution is -2.29. The number of nitrogens with zero attached hydrogens (tertiary/aromatic N) is 3. The second-order valence-corrected chi connectivity index (χ2v) is 6.24. The summed E-state index contributed by atoms with van der Waals surface area (Å²) in [4.78, 5) is 25.5. The number of anilines is 1. The normalized spacial score (nSPS) is 11.0. The van der Waals surface area contributed by atoms with Gasteiger partial charge < -0.3 is 10.1 Å². The minimum absolute atomic E-state index is 0.107. The average molecular weight is 362 g/mol. The van der Waals surface area contributed by atoms with Gasteiger partial charge in [0, 0.05) is 11.8 Å². The van der Waals surface area contributed by atoms with Gasteiger partial charge in [-0.15, -0.1) is 0 Å². The monoisotopic (exact) mass is 362 g/mol. The molecule has 0 saturated heterocycles. The summed E-state index contributed by atoms with van der Waals surface area (Å²) in [5.74, 6) is 0.411. The number of hydrogen-bond donors (Lipinski definition) is 1. The molecule has 0 fully saturated rings. The average Bonchev–Trinajstić information content (AvgIpc) is 3.07. The number of methoxy groups -OCH3 is 1. The summed E-state index contributed by atoms with van der Waals surface area (Å²) in [5.41, 5.74) is 2.49. The van der Waals surface area contributed by atoms with E-state index in [1.807, 2.05) is 19.1 Å². The van der Waals surface area contributed by atoms with E-state index in [0.29, 0.717) is 22.5 Å². The Bertz CT molecular complexity index is 1210. The second kappa shape index (κ2) is 6.60. The van der Waals surface area contributed by atoms with Gasteiger partial charge >= 0.3 is 0 Å². The number of para-hydroxylation sites is 1. The number of ether oxygens (including phenoxy) is 1. The Balaban J connectivity index is 1.72. The van der Waals surface area contributed by atoms with E-state index in [0.717, 1.165) is 11.2 Å². The van der Waals surface area contributed by atoms with Crippen LogP contribution in [0.5, 0.6) is 5.75 Å². The number of benzene rings is 2. The third kappa shape index (κ3) is 3.03. The Morgan fingerprint density at radius 1 is 1.15 bits per heavy atom. The van der Waals surface area contributed by atoms with Crippen LogP contribution in [0.2, 0.25) is 0 Å². The van der Waals surface area contributed by atoms with Gasteiger partial charge in [0.05, 0.1) is 23.7 Å². The van der Waals surface area contributed by atoms with E-state index in [-0.39, 0.29) is 18.0 Å². The summed E-state index contributed by atoms with van der Waals surface area (Å²) in [7, 11) is 1.58. The highest BCUT2D eigenvalue weighted by atomic mass is 16.5. The van der Waals surface area contributed by atoms with Gasteiger partial charge in [-0.2, -0.15) is 5.10 Å². The molecule has 7 heteroatoms. The van der Waals surface area contributed by atoms with Gasteiger partial charge in [-0.3, -0.25) is 14.2 Å². The van der Waals surface area contributed by atoms with Crippen molar-refractivity contribution in [3.05, 3.63) is 70.6 Å². The zero-order valence-corrected chi connectivity index (χ0v) is 15.0. The molecule has 1 N–H and O–H groups in total. The minimum atomic E-state index is -0.293. The summed E-state index contributed by atoms with van der Waals surface area (Å²) in [6, 6.07) is 16.1. The largest absolute Gasteiger partial charge is 0.497 e. The van der Waals surface area contributed by atoms with Crippen molar-refractivity contribution in [1.29, 1.82) is 0 Å². The molecule has 0 radical (unpaired) electrons. The molecule has 0 aliphatic rings. The Hall–Kier alpha value is -3.61. The maximum Gasteiger partial charge on any atom is 0.262 e. The third-order valence-electron chi connectivity index (χ3n) is 4.37. The van der Waals surface area contributed by atoms with E-state index in [1.54, 1.807) is 54.1 Å². The van der Waals surface area contributed by atoms with Gasteiger partial charge in [0.15, 0.2) is 0 Å². The second-order valence-electron chi connectivity index (χ2n) is 6.24. The smallest absolute Gasteiger partial charge is 0.262 e. The van der Waals surface area contributed by atoms with Gasteiger partial charge in [0.1, 0.15) is 17.9 Å². The molecule has 4 rings (SSSR count). The summed E-state index contributed by atoms with van der Waals surface area (Å²) >= 11 is 0. The van der Waals surface area contributed by atoms with Gasteiger partial charge in [0.25, 0.3) is 5.56 Å². The lowest BCUT2D eigenvalue weighted by atomic mass is 10.2. The lowest BCUT2D eigenvalue weighted by Gasteiger charge is -2.11. The molecule has 0 aliphatic heterocycles. The van der Waals surface area contributed by atoms with Crippen molar-refractivity contribution in [2.24, 2.45) is 0 Å². The van der Waals surface area contributed by atoms with Gasteiger partial charge in [-0.25, -0.2) is 4.52 Å². The van der Waals surface area contributed by atoms with Crippen LogP contribution in [0.3, 0.4) is 0 Å². The number of carbonyl (C=O) groups is 1. The molecular weight excluding hydrogens is 344 g/mol. The summed E-state index contributed by atoms with van der Waals surface area (Å²) in [6.07, 6.45) is 0. The van der Waals surface area contributed by atoms with Crippen LogP contribution in [0.4, 0.5) is 5.69 Å². The fourth-order valence-corrected chi connectivity index (χ4v) is 3.12. The predicted molar refractivity (Wildman–Crippen MR) is 103 cm³/mol. The Morgan fingerprint density at radius 3 is 2.63 bits per heavy atom. The predicted octanol–water partition coefficient (Wildman–Crippen LogP) is 2.60. The van der Waals surface area contributed by atoms with E-state index < -0.39 is 0 Å². The molecule has 27 heavy (non-hydrogen) atoms. The fraction of sp³-hybridized carbons (Fsp3) is 0.150. The van der Waals surface area contributed by atoms with Crippen LogP contribution in [-0.4, -0.2) is 27.2 Å². The van der Waals surface area contributed by atoms with Crippen LogP contribution in [-0.2, 0) is 11.3 Å². The number of aryl methyl sites for hydroxylation is 1. The van der Waals surface area contributed by atoms with Crippen LogP contribution in [0.25, 0.3) is 16.6 Å². The molecule has 2 heterocycles. The number of nitrogens with one attached hydrogen (secondary N) is 1. The zero-order chi connectivity index (χ0) is 19.0. The van der Waals surface area contributed by atoms with E-state index in [9.17, 15) is 9.59 Å². The fourth-order valence-electron chi connectivity index (χ4n) is 3.12. The number of fused-ring (bicyclic) bond motifs is 3. The maximum atomic E-state index is 12.9. The molecule has 2 aromatic carbocycles. The molecule has 0 saturated carbocycles. The molecule has 0 atom stereocenters. The highest BCUT2D eigenvalue weighted by Crippen LogP contribution is 2.16. The summed E-state index contributed by atoms with van der Waals surface area (Å²) < 4.78 is 8.26. The number of amides is 1. The SMILES string of the molecule is COc1ccc(NC(=O)Cn2c(=O)c3ccccc3n3nc(C)cc23)cc1. The molecule has 136 valence electrons. The first-order chi connectivity index (χ1) is 13.1. The van der Waals surface area contributed by atoms with E-state index in [1.165, 1.54) is 4.57 Å². The van der Waals surface area contributed by atoms with Gasteiger partial charge in [-0.1, -0.05) is 12.1 Å². The molecule has 2 aromatic heterocycles. The molecule has 0 unspecified atom stereocenters. The molecule has 7 nitrogen and oxygen atoms in total. The Morgan fingerprint density at radius 2 is 1.89 bits per heavy atom. The number of rotatable bonds is 4. The first-order valence-electron chi connectivity index (χ1n) is 8.48. The van der Waals surface area contributed by atoms with Crippen LogP contribution in [0.1, 0.15) is 5.69 Å². The topological polar surface area (TPSA) is 77.6 Å². The Labute approximate surface area is 154 Å². The highest BCUT2D eigenvalue weighted by molar-refractivity contribution is 5.91. The van der Waals surface area contributed by atoms with E-state index in [4.69, 9.17) is 4.74 Å². The lowest BCUT2D eigenvalue weighted by molar-refractivity contribution is -0.116. The van der Waals surface area contributed by atoms with E-state index >= 15 is 0 Å². The molecular formula is C20H18N4O3. The van der Waals surface area contributed by atoms with Crippen molar-refractivity contribution in [2.45, 2.75) is 13.5 Å². The minimum Gasteiger partial charge on any atom is -0.497 e. The van der Waals surface area contributed by atoms with Gasteiger partial charge in [0.2, 0.25) is 5.91 Å². The zero-order valence-electron chi connectivity index (χ0n) is 15.0. The van der Waals surface area contributed by atoms with Crippen molar-refractivity contribution in [1.82, 2.24) is 14.2 Å². The van der Waals surface area contributed by atoms with Crippen molar-refractivity contribution in [3.8, 4) is 5.75 Å². The van der Waals surface area contributed by atoms with Crippen LogP contribution < -0.4 is 15.6 Å². The first-order valence-corrected chi connectivity index (χ1v) is 8.48. The first kappa shape index (κ1) is 16.8. The maximum absolute atomic E-state index is 12.9. The van der Waals surface area contributed by atoms with Crippen molar-refractivity contribution in [2.75, 3.05) is 12.4 Å². The molecule has 1 amide bonds. The van der Waals surface area contributed by atoms with Crippen LogP contribution in [0.15, 0.2) is 59.4 Å². The number of hydrogen-bond acceptors (Lipinski definition) is 4. The van der Waals surface area contributed by atoms with Gasteiger partial charge in [-0.05, 0) is 43.3 Å². The standard InChI is InChI=1S/C20H18N4O3/c1-13-11-19-23(12-18(25)21-14-7-9-15(27-2)10-8-14)20(26)16-5-3-4-6-17(16)24(19)22-13/h3-11H,12H2,1-2H3,(H,21,25). The molecule has 0 aliphatic carbocycles. The number of aromatic nitrogens is 3. The van der Waals surface area contributed by atoms with Crippen LogP contribution in [0, 0.1) is 6.92 Å². The molecule has 0 bridgehead atoms. The summed E-state index contributed by atoms with van der Waals surface area (Å²) in [6.45, 7) is 1.75. The number of carbonyl (C=O) groups excluding carboxylic acids is 1. The summed E-state index contributed by atoms with van der Waals surface area (Å²) in [5, 5.41) is 7.79. The quantitative estimate of drug-likeness (QED) is 0.605. The van der Waals surface area contributed by atoms with Crippen LogP contribution >= 0.6 is 0 Å². The third-order valence-corrected chi connectivity index (χ3v) is 4.37. The van der Waals surface area contributed by atoms with Crippen molar-refractivity contribution < 1.29 is 9.53 Å².